The Labute approximate surface area is 97.9 Å². The van der Waals surface area contributed by atoms with E-state index in [1.54, 1.807) is 7.11 Å². The number of ether oxygens (including phenoxy) is 2. The van der Waals surface area contributed by atoms with E-state index in [1.807, 2.05) is 0 Å². The second-order valence-corrected chi connectivity index (χ2v) is 4.91. The minimum atomic E-state index is 0.286. The zero-order valence-corrected chi connectivity index (χ0v) is 10.2. The molecule has 16 heavy (non-hydrogen) atoms. The van der Waals surface area contributed by atoms with E-state index in [1.165, 1.54) is 19.3 Å². The maximum Gasteiger partial charge on any atom is 0.0724 e. The van der Waals surface area contributed by atoms with Crippen LogP contribution >= 0.6 is 0 Å². The summed E-state index contributed by atoms with van der Waals surface area (Å²) in [4.78, 5) is 0. The first-order chi connectivity index (χ1) is 7.83. The van der Waals surface area contributed by atoms with Crippen LogP contribution in [0.5, 0.6) is 0 Å². The summed E-state index contributed by atoms with van der Waals surface area (Å²) in [6, 6.07) is 0.519. The molecule has 4 heteroatoms. The van der Waals surface area contributed by atoms with E-state index >= 15 is 0 Å². The van der Waals surface area contributed by atoms with Crippen LogP contribution in [0.4, 0.5) is 0 Å². The molecule has 0 radical (unpaired) electrons. The highest BCUT2D eigenvalue weighted by molar-refractivity contribution is 4.86. The molecule has 1 heterocycles. The number of methoxy groups -OCH3 is 1. The Balaban J connectivity index is 1.67. The molecule has 2 aliphatic rings. The van der Waals surface area contributed by atoms with Crippen LogP contribution in [0.15, 0.2) is 0 Å². The fraction of sp³-hybridized carbons (Fsp3) is 1.00. The average Bonchev–Trinajstić information content (AvgIpc) is 2.94. The normalized spacial score (nSPS) is 39.4. The third-order valence-electron chi connectivity index (χ3n) is 3.82. The Kier molecular flexibility index (Phi) is 4.58. The maximum absolute atomic E-state index is 5.81. The van der Waals surface area contributed by atoms with E-state index in [9.17, 15) is 0 Å². The molecule has 4 nitrogen and oxygen atoms in total. The standard InChI is InChI=1S/C12H24N2O2/c1-15-12-4-2-3-11(12)14-8-10-6-5-9(7-13)16-10/h9-12,14H,2-8,13H2,1H3. The highest BCUT2D eigenvalue weighted by Gasteiger charge is 2.29. The van der Waals surface area contributed by atoms with Gasteiger partial charge in [-0.15, -0.1) is 0 Å². The van der Waals surface area contributed by atoms with Gasteiger partial charge in [0.25, 0.3) is 0 Å². The number of rotatable bonds is 5. The van der Waals surface area contributed by atoms with E-state index in [0.29, 0.717) is 24.8 Å². The van der Waals surface area contributed by atoms with E-state index < -0.39 is 0 Å². The monoisotopic (exact) mass is 228 g/mol. The van der Waals surface area contributed by atoms with Gasteiger partial charge in [0, 0.05) is 26.2 Å². The molecule has 2 rings (SSSR count). The molecule has 4 unspecified atom stereocenters. The lowest BCUT2D eigenvalue weighted by Gasteiger charge is -2.22. The highest BCUT2D eigenvalue weighted by Crippen LogP contribution is 2.23. The molecule has 94 valence electrons. The van der Waals surface area contributed by atoms with Gasteiger partial charge < -0.3 is 20.5 Å². The van der Waals surface area contributed by atoms with Crippen molar-refractivity contribution in [2.24, 2.45) is 5.73 Å². The van der Waals surface area contributed by atoms with E-state index in [4.69, 9.17) is 15.2 Å². The Bertz CT molecular complexity index is 213. The van der Waals surface area contributed by atoms with Crippen LogP contribution in [0.1, 0.15) is 32.1 Å². The summed E-state index contributed by atoms with van der Waals surface area (Å²) in [6.45, 7) is 1.60. The first-order valence-electron chi connectivity index (χ1n) is 6.45. The van der Waals surface area contributed by atoms with Crippen LogP contribution in [-0.2, 0) is 9.47 Å². The Morgan fingerprint density at radius 3 is 2.75 bits per heavy atom. The minimum absolute atomic E-state index is 0.286. The number of hydrogen-bond donors (Lipinski definition) is 2. The summed E-state index contributed by atoms with van der Waals surface area (Å²) in [5.74, 6) is 0. The van der Waals surface area contributed by atoms with Crippen LogP contribution < -0.4 is 11.1 Å². The molecule has 0 aromatic carbocycles. The Morgan fingerprint density at radius 2 is 2.06 bits per heavy atom. The lowest BCUT2D eigenvalue weighted by Crippen LogP contribution is -2.41. The molecule has 1 saturated heterocycles. The summed E-state index contributed by atoms with van der Waals surface area (Å²) in [7, 11) is 1.81. The average molecular weight is 228 g/mol. The molecular formula is C12H24N2O2. The van der Waals surface area contributed by atoms with Crippen LogP contribution in [0, 0.1) is 0 Å². The fourth-order valence-electron chi connectivity index (χ4n) is 2.83. The molecule has 0 spiro atoms. The molecule has 0 amide bonds. The molecule has 1 aliphatic carbocycles. The molecule has 1 saturated carbocycles. The second-order valence-electron chi connectivity index (χ2n) is 4.91. The molecule has 1 aliphatic heterocycles. The topological polar surface area (TPSA) is 56.5 Å². The quantitative estimate of drug-likeness (QED) is 0.725. The zero-order chi connectivity index (χ0) is 11.4. The first-order valence-corrected chi connectivity index (χ1v) is 6.45. The second kappa shape index (κ2) is 5.96. The van der Waals surface area contributed by atoms with Crippen LogP contribution in [0.3, 0.4) is 0 Å². The SMILES string of the molecule is COC1CCCC1NCC1CCC(CN)O1. The van der Waals surface area contributed by atoms with Crippen molar-refractivity contribution in [3.05, 3.63) is 0 Å². The molecule has 2 fully saturated rings. The van der Waals surface area contributed by atoms with Gasteiger partial charge in [-0.3, -0.25) is 0 Å². The third kappa shape index (κ3) is 2.94. The van der Waals surface area contributed by atoms with Crippen molar-refractivity contribution in [1.82, 2.24) is 5.32 Å². The number of nitrogens with two attached hydrogens (primary N) is 1. The van der Waals surface area contributed by atoms with Gasteiger partial charge in [0.05, 0.1) is 18.3 Å². The van der Waals surface area contributed by atoms with Crippen LogP contribution in [0.25, 0.3) is 0 Å². The van der Waals surface area contributed by atoms with Gasteiger partial charge in [0.2, 0.25) is 0 Å². The summed E-state index contributed by atoms with van der Waals surface area (Å²) < 4.78 is 11.3. The van der Waals surface area contributed by atoms with Crippen molar-refractivity contribution in [3.63, 3.8) is 0 Å². The van der Waals surface area contributed by atoms with Gasteiger partial charge in [-0.05, 0) is 32.1 Å². The number of nitrogens with one attached hydrogen (secondary N) is 1. The first kappa shape index (κ1) is 12.3. The highest BCUT2D eigenvalue weighted by atomic mass is 16.5. The maximum atomic E-state index is 5.81. The van der Waals surface area contributed by atoms with Crippen molar-refractivity contribution in [2.45, 2.75) is 56.5 Å². The van der Waals surface area contributed by atoms with Crippen LogP contribution in [0.2, 0.25) is 0 Å². The van der Waals surface area contributed by atoms with Crippen LogP contribution in [-0.4, -0.2) is 44.6 Å². The van der Waals surface area contributed by atoms with Crippen molar-refractivity contribution in [1.29, 1.82) is 0 Å². The van der Waals surface area contributed by atoms with Crippen molar-refractivity contribution in [3.8, 4) is 0 Å². The van der Waals surface area contributed by atoms with Gasteiger partial charge in [0.15, 0.2) is 0 Å². The van der Waals surface area contributed by atoms with Gasteiger partial charge in [-0.25, -0.2) is 0 Å². The third-order valence-corrected chi connectivity index (χ3v) is 3.82. The Morgan fingerprint density at radius 1 is 1.25 bits per heavy atom. The molecule has 4 atom stereocenters. The largest absolute Gasteiger partial charge is 0.380 e. The van der Waals surface area contributed by atoms with E-state index in [-0.39, 0.29) is 6.10 Å². The summed E-state index contributed by atoms with van der Waals surface area (Å²) >= 11 is 0. The number of hydrogen-bond acceptors (Lipinski definition) is 4. The minimum Gasteiger partial charge on any atom is -0.380 e. The summed E-state index contributed by atoms with van der Waals surface area (Å²) in [5, 5.41) is 3.58. The molecule has 0 bridgehead atoms. The molecule has 0 aromatic rings. The molecule has 0 aromatic heterocycles. The lowest BCUT2D eigenvalue weighted by molar-refractivity contribution is 0.0402. The predicted molar refractivity (Wildman–Crippen MR) is 63.4 cm³/mol. The van der Waals surface area contributed by atoms with Crippen molar-refractivity contribution < 1.29 is 9.47 Å². The molecular weight excluding hydrogens is 204 g/mol. The summed E-state index contributed by atoms with van der Waals surface area (Å²) in [5.41, 5.74) is 5.59. The van der Waals surface area contributed by atoms with Gasteiger partial charge in [0.1, 0.15) is 0 Å². The van der Waals surface area contributed by atoms with E-state index in [0.717, 1.165) is 19.4 Å². The lowest BCUT2D eigenvalue weighted by atomic mass is 10.1. The van der Waals surface area contributed by atoms with E-state index in [2.05, 4.69) is 5.32 Å². The van der Waals surface area contributed by atoms with Crippen molar-refractivity contribution >= 4 is 0 Å². The van der Waals surface area contributed by atoms with Crippen molar-refractivity contribution in [2.75, 3.05) is 20.2 Å². The zero-order valence-electron chi connectivity index (χ0n) is 10.2. The fourth-order valence-corrected chi connectivity index (χ4v) is 2.83. The predicted octanol–water partition coefficient (Wildman–Crippen LogP) is 0.650. The summed E-state index contributed by atoms with van der Waals surface area (Å²) in [6.07, 6.45) is 6.97. The van der Waals surface area contributed by atoms with Gasteiger partial charge in [-0.2, -0.15) is 0 Å². The Hall–Kier alpha value is -0.160. The van der Waals surface area contributed by atoms with Gasteiger partial charge in [-0.1, -0.05) is 0 Å². The molecule has 3 N–H and O–H groups in total. The smallest absolute Gasteiger partial charge is 0.0724 e. The van der Waals surface area contributed by atoms with Gasteiger partial charge >= 0.3 is 0 Å².